The molecule has 18 nitrogen and oxygen atoms in total. The fourth-order valence-corrected chi connectivity index (χ4v) is 6.28. The van der Waals surface area contributed by atoms with Crippen molar-refractivity contribution in [3.8, 4) is 23.0 Å². The molecule has 4 rings (SSSR count). The van der Waals surface area contributed by atoms with Gasteiger partial charge in [0.1, 0.15) is 54.7 Å². The first-order valence-electron chi connectivity index (χ1n) is 17.5. The number of rotatable bonds is 18. The molecule has 2 aromatic rings. The first-order chi connectivity index (χ1) is 25.5. The lowest BCUT2D eigenvalue weighted by Gasteiger charge is -2.41. The predicted molar refractivity (Wildman–Crippen MR) is 188 cm³/mol. The van der Waals surface area contributed by atoms with Crippen LogP contribution in [-0.4, -0.2) is 159 Å². The summed E-state index contributed by atoms with van der Waals surface area (Å²) in [5.41, 5.74) is 5.95. The van der Waals surface area contributed by atoms with Gasteiger partial charge in [-0.2, -0.15) is 0 Å². The number of hydrogen-bond donors (Lipinski definition) is 11. The minimum absolute atomic E-state index is 0.0970. The summed E-state index contributed by atoms with van der Waals surface area (Å²) in [7, 11) is 2.84. The first kappa shape index (κ1) is 43.4. The van der Waals surface area contributed by atoms with E-state index in [4.69, 9.17) is 44.3 Å². The third-order valence-electron chi connectivity index (χ3n) is 9.79. The van der Waals surface area contributed by atoms with Crippen molar-refractivity contribution in [1.82, 2.24) is 0 Å². The predicted octanol–water partition coefficient (Wildman–Crippen LogP) is -1.85. The minimum atomic E-state index is -1.69. The number of nitrogens with one attached hydrogen (secondary N) is 1. The molecule has 0 radical (unpaired) electrons. The van der Waals surface area contributed by atoms with Crippen molar-refractivity contribution < 1.29 is 79.1 Å². The van der Waals surface area contributed by atoms with Gasteiger partial charge in [0.05, 0.1) is 40.6 Å². The minimum Gasteiger partial charge on any atom is -0.504 e. The third-order valence-corrected chi connectivity index (χ3v) is 9.79. The van der Waals surface area contributed by atoms with Crippen molar-refractivity contribution in [1.29, 1.82) is 5.41 Å². The normalized spacial score (nSPS) is 30.0. The van der Waals surface area contributed by atoms with Gasteiger partial charge >= 0.3 is 0 Å². The van der Waals surface area contributed by atoms with Crippen LogP contribution in [-0.2, 0) is 31.8 Å². The summed E-state index contributed by atoms with van der Waals surface area (Å²) in [5, 5.41) is 100. The molecule has 12 N–H and O–H groups in total. The molecule has 2 saturated heterocycles. The van der Waals surface area contributed by atoms with Gasteiger partial charge in [-0.05, 0) is 73.9 Å². The van der Waals surface area contributed by atoms with Crippen LogP contribution in [0.15, 0.2) is 36.4 Å². The van der Waals surface area contributed by atoms with E-state index in [0.717, 1.165) is 0 Å². The van der Waals surface area contributed by atoms with E-state index in [2.05, 4.69) is 0 Å². The summed E-state index contributed by atoms with van der Waals surface area (Å²) < 4.78 is 40.2. The van der Waals surface area contributed by atoms with E-state index in [-0.39, 0.29) is 43.4 Å². The number of nitrogens with two attached hydrogens (primary N) is 1. The van der Waals surface area contributed by atoms with Crippen LogP contribution >= 0.6 is 0 Å². The van der Waals surface area contributed by atoms with Gasteiger partial charge in [0.15, 0.2) is 41.2 Å². The molecule has 12 atom stereocenters. The highest BCUT2D eigenvalue weighted by Crippen LogP contribution is 2.35. The Morgan fingerprint density at radius 1 is 0.704 bits per heavy atom. The van der Waals surface area contributed by atoms with E-state index in [9.17, 15) is 46.0 Å². The van der Waals surface area contributed by atoms with Crippen LogP contribution in [0.25, 0.3) is 0 Å². The fraction of sp³-hybridized carbons (Fsp3) is 0.639. The van der Waals surface area contributed by atoms with E-state index in [1.807, 2.05) is 0 Å². The lowest BCUT2D eigenvalue weighted by atomic mass is 9.83. The Morgan fingerprint density at radius 3 is 1.57 bits per heavy atom. The zero-order chi connectivity index (χ0) is 39.9. The molecule has 0 saturated carbocycles. The molecule has 0 bridgehead atoms. The van der Waals surface area contributed by atoms with Gasteiger partial charge in [0.2, 0.25) is 0 Å². The molecule has 2 heterocycles. The molecule has 54 heavy (non-hydrogen) atoms. The Bertz CT molecular complexity index is 1510. The molecule has 2 aromatic carbocycles. The SMILES string of the molecule is COc1cc(C[C@@H](CO[C@@H]2O[C@H](CO)[C@@H](O)[C@H](O)[C@@H]2O)[C@H](CO[C@H]2O[C@H](CO)[C@@H](O)[C@H](O)[C@@H]2O)Cc2ccc(OC(C)(C)C(=N)N)c(OC)c2)ccc1O. The standard InChI is InChI=1S/C36H54N2O16/c1-36(2,35(37)38)54-22-8-6-18(12-24(22)49-4)10-20(16-51-34-32(47)30(45)28(43)26(14-40)53-34)19(9-17-5-7-21(41)23(11-17)48-3)15-50-33-31(46)29(44)27(42)25(13-39)52-33/h5-8,11-12,19-20,25-34,39-47H,9-10,13-16H2,1-4H3,(H3,37,38)/t19-,20-,25+,26+,27+,28+,29-,30-,31-,32-,33+,34-/m0/s1. The fourth-order valence-electron chi connectivity index (χ4n) is 6.28. The van der Waals surface area contributed by atoms with Crippen molar-refractivity contribution in [2.45, 2.75) is 93.7 Å². The number of aromatic hydroxyl groups is 1. The zero-order valence-electron chi connectivity index (χ0n) is 30.6. The van der Waals surface area contributed by atoms with Crippen LogP contribution in [0, 0.1) is 17.2 Å². The number of benzene rings is 2. The summed E-state index contributed by atoms with van der Waals surface area (Å²) in [6.07, 6.45) is -14.9. The van der Waals surface area contributed by atoms with E-state index in [1.165, 1.54) is 20.3 Å². The van der Waals surface area contributed by atoms with Crippen molar-refractivity contribution in [2.75, 3.05) is 40.6 Å². The Labute approximate surface area is 312 Å². The lowest BCUT2D eigenvalue weighted by molar-refractivity contribution is -0.308. The molecule has 0 unspecified atom stereocenters. The number of aliphatic hydroxyl groups is 8. The van der Waals surface area contributed by atoms with Gasteiger partial charge in [-0.1, -0.05) is 12.1 Å². The molecular weight excluding hydrogens is 716 g/mol. The molecule has 0 amide bonds. The second-order valence-electron chi connectivity index (χ2n) is 14.0. The van der Waals surface area contributed by atoms with E-state index >= 15 is 0 Å². The summed E-state index contributed by atoms with van der Waals surface area (Å²) in [4.78, 5) is 0. The monoisotopic (exact) mass is 770 g/mol. The number of hydrogen-bond acceptors (Lipinski definition) is 17. The highest BCUT2D eigenvalue weighted by molar-refractivity contribution is 5.85. The summed E-state index contributed by atoms with van der Waals surface area (Å²) in [6, 6.07) is 9.87. The van der Waals surface area contributed by atoms with Gasteiger partial charge in [-0.15, -0.1) is 0 Å². The number of methoxy groups -OCH3 is 2. The molecule has 2 aliphatic rings. The number of ether oxygens (including phenoxy) is 7. The van der Waals surface area contributed by atoms with E-state index < -0.39 is 92.1 Å². The molecule has 0 aliphatic carbocycles. The Hall–Kier alpha value is -3.37. The van der Waals surface area contributed by atoms with Gasteiger partial charge in [0, 0.05) is 0 Å². The van der Waals surface area contributed by atoms with Crippen LogP contribution < -0.4 is 19.9 Å². The summed E-state index contributed by atoms with van der Waals surface area (Å²) >= 11 is 0. The highest BCUT2D eigenvalue weighted by atomic mass is 16.7. The molecular formula is C36H54N2O16. The van der Waals surface area contributed by atoms with Gasteiger partial charge < -0.3 is 84.9 Å². The van der Waals surface area contributed by atoms with Crippen LogP contribution in [0.3, 0.4) is 0 Å². The molecule has 2 aliphatic heterocycles. The topological polar surface area (TPSA) is 297 Å². The largest absolute Gasteiger partial charge is 0.504 e. The Kier molecular flexibility index (Phi) is 15.2. The molecule has 0 spiro atoms. The number of aliphatic hydroxyl groups excluding tert-OH is 8. The Balaban J connectivity index is 1.71. The maximum atomic E-state index is 10.7. The molecule has 18 heteroatoms. The highest BCUT2D eigenvalue weighted by Gasteiger charge is 2.46. The third kappa shape index (κ3) is 10.3. The molecule has 304 valence electrons. The van der Waals surface area contributed by atoms with Crippen LogP contribution in [0.1, 0.15) is 25.0 Å². The summed E-state index contributed by atoms with van der Waals surface area (Å²) in [5.74, 6) is -0.610. The number of amidine groups is 1. The maximum Gasteiger partial charge on any atom is 0.186 e. The van der Waals surface area contributed by atoms with Crippen LogP contribution in [0.5, 0.6) is 23.0 Å². The van der Waals surface area contributed by atoms with Crippen LogP contribution in [0.4, 0.5) is 0 Å². The van der Waals surface area contributed by atoms with Crippen molar-refractivity contribution in [3.63, 3.8) is 0 Å². The van der Waals surface area contributed by atoms with Crippen molar-refractivity contribution >= 4 is 5.84 Å². The van der Waals surface area contributed by atoms with Crippen molar-refractivity contribution in [3.05, 3.63) is 47.5 Å². The van der Waals surface area contributed by atoms with E-state index in [0.29, 0.717) is 22.6 Å². The maximum absolute atomic E-state index is 10.7. The van der Waals surface area contributed by atoms with Crippen LogP contribution in [0.2, 0.25) is 0 Å². The zero-order valence-corrected chi connectivity index (χ0v) is 30.6. The first-order valence-corrected chi connectivity index (χ1v) is 17.5. The van der Waals surface area contributed by atoms with Gasteiger partial charge in [0.25, 0.3) is 0 Å². The smallest absolute Gasteiger partial charge is 0.186 e. The van der Waals surface area contributed by atoms with Gasteiger partial charge in [-0.25, -0.2) is 0 Å². The molecule has 2 fully saturated rings. The molecule has 0 aromatic heterocycles. The average Bonchev–Trinajstić information content (AvgIpc) is 3.15. The average molecular weight is 771 g/mol. The van der Waals surface area contributed by atoms with E-state index in [1.54, 1.807) is 44.2 Å². The Morgan fingerprint density at radius 2 is 1.15 bits per heavy atom. The van der Waals surface area contributed by atoms with Gasteiger partial charge in [-0.3, -0.25) is 5.41 Å². The van der Waals surface area contributed by atoms with Crippen molar-refractivity contribution in [2.24, 2.45) is 17.6 Å². The number of phenolic OH excluding ortho intramolecular Hbond substituents is 1. The quantitative estimate of drug-likeness (QED) is 0.0586. The number of phenols is 1. The lowest BCUT2D eigenvalue weighted by Crippen LogP contribution is -2.59. The second-order valence-corrected chi connectivity index (χ2v) is 14.0. The second kappa shape index (κ2) is 19.0. The summed E-state index contributed by atoms with van der Waals surface area (Å²) in [6.45, 7) is 1.57.